The molecule has 0 bridgehead atoms. The Labute approximate surface area is 107 Å². The standard InChI is InChI=1S/C10H20N2O5S/c1-4-5-8(9(13)14)12-10(15)11-7(2)6-18(3,16)17/h7-8H,4-6H2,1-3H3,(H,13,14)(H2,11,12,15). The second-order valence-corrected chi connectivity index (χ2v) is 6.48. The van der Waals surface area contributed by atoms with E-state index in [-0.39, 0.29) is 5.75 Å². The van der Waals surface area contributed by atoms with E-state index < -0.39 is 33.9 Å². The molecule has 0 aromatic rings. The van der Waals surface area contributed by atoms with Crippen molar-refractivity contribution in [2.75, 3.05) is 12.0 Å². The molecule has 7 nitrogen and oxygen atoms in total. The number of hydrogen-bond acceptors (Lipinski definition) is 4. The molecule has 0 aliphatic heterocycles. The number of hydrogen-bond donors (Lipinski definition) is 3. The highest BCUT2D eigenvalue weighted by molar-refractivity contribution is 7.90. The number of sulfone groups is 1. The maximum absolute atomic E-state index is 11.4. The van der Waals surface area contributed by atoms with Crippen LogP contribution in [0.3, 0.4) is 0 Å². The second kappa shape index (κ2) is 7.20. The summed E-state index contributed by atoms with van der Waals surface area (Å²) in [4.78, 5) is 22.2. The number of rotatable bonds is 7. The maximum atomic E-state index is 11.4. The maximum Gasteiger partial charge on any atom is 0.326 e. The molecule has 8 heteroatoms. The molecule has 18 heavy (non-hydrogen) atoms. The summed E-state index contributed by atoms with van der Waals surface area (Å²) >= 11 is 0. The number of amides is 2. The van der Waals surface area contributed by atoms with Crippen molar-refractivity contribution in [1.82, 2.24) is 10.6 Å². The van der Waals surface area contributed by atoms with Crippen LogP contribution in [-0.4, -0.2) is 49.6 Å². The fourth-order valence-corrected chi connectivity index (χ4v) is 2.46. The van der Waals surface area contributed by atoms with Gasteiger partial charge >= 0.3 is 12.0 Å². The van der Waals surface area contributed by atoms with E-state index in [1.165, 1.54) is 6.92 Å². The molecule has 2 unspecified atom stereocenters. The van der Waals surface area contributed by atoms with Gasteiger partial charge in [-0.25, -0.2) is 18.0 Å². The van der Waals surface area contributed by atoms with Gasteiger partial charge in [0.05, 0.1) is 5.75 Å². The molecule has 3 N–H and O–H groups in total. The third-order valence-electron chi connectivity index (χ3n) is 2.11. The Bertz CT molecular complexity index is 393. The Balaban J connectivity index is 4.28. The van der Waals surface area contributed by atoms with Gasteiger partial charge in [-0.2, -0.15) is 0 Å². The van der Waals surface area contributed by atoms with E-state index in [1.807, 2.05) is 6.92 Å². The topological polar surface area (TPSA) is 113 Å². The first-order valence-electron chi connectivity index (χ1n) is 5.63. The number of nitrogens with one attached hydrogen (secondary N) is 2. The summed E-state index contributed by atoms with van der Waals surface area (Å²) in [6.07, 6.45) is 2.01. The molecule has 0 saturated heterocycles. The molecule has 0 aromatic carbocycles. The van der Waals surface area contributed by atoms with E-state index in [0.29, 0.717) is 12.8 Å². The van der Waals surface area contributed by atoms with Gasteiger partial charge in [0.1, 0.15) is 15.9 Å². The Morgan fingerprint density at radius 1 is 1.28 bits per heavy atom. The summed E-state index contributed by atoms with van der Waals surface area (Å²) in [6.45, 7) is 3.35. The van der Waals surface area contributed by atoms with Crippen LogP contribution >= 0.6 is 0 Å². The minimum atomic E-state index is -3.18. The van der Waals surface area contributed by atoms with Crippen molar-refractivity contribution in [1.29, 1.82) is 0 Å². The van der Waals surface area contributed by atoms with Gasteiger partial charge in [0, 0.05) is 12.3 Å². The van der Waals surface area contributed by atoms with Crippen molar-refractivity contribution in [2.45, 2.75) is 38.8 Å². The number of urea groups is 1. The highest BCUT2D eigenvalue weighted by Crippen LogP contribution is 1.97. The summed E-state index contributed by atoms with van der Waals surface area (Å²) in [5, 5.41) is 13.5. The van der Waals surface area contributed by atoms with Crippen LogP contribution in [0.25, 0.3) is 0 Å². The third-order valence-corrected chi connectivity index (χ3v) is 3.22. The first kappa shape index (κ1) is 16.7. The molecule has 0 aliphatic rings. The average molecular weight is 280 g/mol. The van der Waals surface area contributed by atoms with Crippen LogP contribution < -0.4 is 10.6 Å². The molecular weight excluding hydrogens is 260 g/mol. The summed E-state index contributed by atoms with van der Waals surface area (Å²) in [7, 11) is -3.18. The number of carbonyl (C=O) groups is 2. The summed E-state index contributed by atoms with van der Waals surface area (Å²) < 4.78 is 22.0. The minimum absolute atomic E-state index is 0.189. The smallest absolute Gasteiger partial charge is 0.326 e. The zero-order valence-corrected chi connectivity index (χ0v) is 11.6. The summed E-state index contributed by atoms with van der Waals surface area (Å²) in [5.74, 6) is -1.30. The lowest BCUT2D eigenvalue weighted by molar-refractivity contribution is -0.139. The summed E-state index contributed by atoms with van der Waals surface area (Å²) in [5.41, 5.74) is 0. The predicted molar refractivity (Wildman–Crippen MR) is 67.2 cm³/mol. The molecule has 0 fully saturated rings. The lowest BCUT2D eigenvalue weighted by atomic mass is 10.2. The van der Waals surface area contributed by atoms with Crippen molar-refractivity contribution in [3.63, 3.8) is 0 Å². The number of carboxylic acid groups (broad SMARTS) is 1. The van der Waals surface area contributed by atoms with Crippen molar-refractivity contribution in [3.8, 4) is 0 Å². The number of aliphatic carboxylic acids is 1. The highest BCUT2D eigenvalue weighted by Gasteiger charge is 2.20. The van der Waals surface area contributed by atoms with Crippen LogP contribution in [-0.2, 0) is 14.6 Å². The molecule has 0 rings (SSSR count). The fraction of sp³-hybridized carbons (Fsp3) is 0.800. The second-order valence-electron chi connectivity index (χ2n) is 4.29. The van der Waals surface area contributed by atoms with Crippen molar-refractivity contribution in [3.05, 3.63) is 0 Å². The average Bonchev–Trinajstić information content (AvgIpc) is 2.13. The molecule has 0 aromatic heterocycles. The molecule has 0 saturated carbocycles. The molecule has 0 aliphatic carbocycles. The van der Waals surface area contributed by atoms with Gasteiger partial charge in [-0.15, -0.1) is 0 Å². The van der Waals surface area contributed by atoms with Gasteiger partial charge in [0.15, 0.2) is 0 Å². The Kier molecular flexibility index (Phi) is 6.67. The van der Waals surface area contributed by atoms with E-state index in [0.717, 1.165) is 6.26 Å². The van der Waals surface area contributed by atoms with E-state index in [1.54, 1.807) is 0 Å². The lowest BCUT2D eigenvalue weighted by Gasteiger charge is -2.17. The van der Waals surface area contributed by atoms with Crippen molar-refractivity contribution < 1.29 is 23.1 Å². The van der Waals surface area contributed by atoms with Crippen LogP contribution in [0, 0.1) is 0 Å². The monoisotopic (exact) mass is 280 g/mol. The van der Waals surface area contributed by atoms with Gasteiger partial charge in [-0.05, 0) is 13.3 Å². The van der Waals surface area contributed by atoms with E-state index in [4.69, 9.17) is 5.11 Å². The molecule has 106 valence electrons. The Morgan fingerprint density at radius 3 is 2.22 bits per heavy atom. The van der Waals surface area contributed by atoms with E-state index >= 15 is 0 Å². The molecule has 0 heterocycles. The summed E-state index contributed by atoms with van der Waals surface area (Å²) in [6, 6.07) is -2.21. The zero-order chi connectivity index (χ0) is 14.3. The fourth-order valence-electron chi connectivity index (χ4n) is 1.47. The van der Waals surface area contributed by atoms with E-state index in [2.05, 4.69) is 10.6 Å². The normalized spacial score (nSPS) is 14.6. The zero-order valence-electron chi connectivity index (χ0n) is 10.8. The third kappa shape index (κ3) is 7.88. The van der Waals surface area contributed by atoms with Gasteiger partial charge in [-0.1, -0.05) is 13.3 Å². The lowest BCUT2D eigenvalue weighted by Crippen LogP contribution is -2.49. The van der Waals surface area contributed by atoms with Crippen LogP contribution in [0.2, 0.25) is 0 Å². The van der Waals surface area contributed by atoms with E-state index in [9.17, 15) is 18.0 Å². The van der Waals surface area contributed by atoms with Crippen LogP contribution in [0.5, 0.6) is 0 Å². The Morgan fingerprint density at radius 2 is 1.83 bits per heavy atom. The largest absolute Gasteiger partial charge is 0.480 e. The SMILES string of the molecule is CCCC(NC(=O)NC(C)CS(C)(=O)=O)C(=O)O. The van der Waals surface area contributed by atoms with Gasteiger partial charge in [-0.3, -0.25) is 0 Å². The van der Waals surface area contributed by atoms with Crippen molar-refractivity contribution >= 4 is 21.8 Å². The molecule has 2 amide bonds. The molecule has 0 spiro atoms. The molecule has 0 radical (unpaired) electrons. The molecular formula is C10H20N2O5S. The number of carbonyl (C=O) groups excluding carboxylic acids is 1. The first-order chi connectivity index (χ1) is 8.15. The van der Waals surface area contributed by atoms with Gasteiger partial charge < -0.3 is 15.7 Å². The van der Waals surface area contributed by atoms with Gasteiger partial charge in [0.25, 0.3) is 0 Å². The quantitative estimate of drug-likeness (QED) is 0.606. The minimum Gasteiger partial charge on any atom is -0.480 e. The molecule has 2 atom stereocenters. The highest BCUT2D eigenvalue weighted by atomic mass is 32.2. The first-order valence-corrected chi connectivity index (χ1v) is 7.69. The van der Waals surface area contributed by atoms with Crippen LogP contribution in [0.15, 0.2) is 0 Å². The Hall–Kier alpha value is -1.31. The van der Waals surface area contributed by atoms with Gasteiger partial charge in [0.2, 0.25) is 0 Å². The predicted octanol–water partition coefficient (Wildman–Crippen LogP) is -0.0280. The van der Waals surface area contributed by atoms with Crippen LogP contribution in [0.4, 0.5) is 4.79 Å². The van der Waals surface area contributed by atoms with Crippen molar-refractivity contribution in [2.24, 2.45) is 0 Å². The van der Waals surface area contributed by atoms with Crippen LogP contribution in [0.1, 0.15) is 26.7 Å². The number of carboxylic acids is 1.